The van der Waals surface area contributed by atoms with E-state index in [1.54, 1.807) is 18.3 Å². The number of carbonyl (C=O) groups is 2. The van der Waals surface area contributed by atoms with Gasteiger partial charge in [0.15, 0.2) is 0 Å². The van der Waals surface area contributed by atoms with Gasteiger partial charge < -0.3 is 10.1 Å². The van der Waals surface area contributed by atoms with E-state index in [0.29, 0.717) is 18.0 Å². The van der Waals surface area contributed by atoms with Crippen molar-refractivity contribution in [3.63, 3.8) is 0 Å². The highest BCUT2D eigenvalue weighted by atomic mass is 32.1. The number of aryl methyl sites for hydroxylation is 3. The van der Waals surface area contributed by atoms with Crippen LogP contribution >= 0.6 is 22.7 Å². The smallest absolute Gasteiger partial charge is 0.348 e. The number of carbonyl (C=O) groups excluding carboxylic acids is 2. The fraction of sp³-hybridized carbons (Fsp3) is 0.364. The highest BCUT2D eigenvalue weighted by Crippen LogP contribution is 2.36. The third kappa shape index (κ3) is 4.86. The molecule has 154 valence electrons. The zero-order chi connectivity index (χ0) is 21.1. The van der Waals surface area contributed by atoms with Crippen molar-refractivity contribution in [2.75, 3.05) is 25.5 Å². The molecule has 1 aromatic carbocycles. The zero-order valence-electron chi connectivity index (χ0n) is 17.4. The lowest BCUT2D eigenvalue weighted by atomic mass is 10.1. The van der Waals surface area contributed by atoms with Crippen molar-refractivity contribution < 1.29 is 14.3 Å². The largest absolute Gasteiger partial charge is 0.462 e. The van der Waals surface area contributed by atoms with Gasteiger partial charge in [0.1, 0.15) is 4.88 Å². The third-order valence-electron chi connectivity index (χ3n) is 4.63. The van der Waals surface area contributed by atoms with Crippen LogP contribution in [0.3, 0.4) is 0 Å². The molecule has 2 heterocycles. The molecule has 0 radical (unpaired) electrons. The molecule has 0 saturated heterocycles. The fourth-order valence-electron chi connectivity index (χ4n) is 3.50. The number of thiophene rings is 2. The van der Waals surface area contributed by atoms with Crippen LogP contribution in [0.2, 0.25) is 0 Å². The van der Waals surface area contributed by atoms with E-state index < -0.39 is 0 Å². The highest BCUT2D eigenvalue weighted by Gasteiger charge is 2.22. The number of esters is 1. The predicted molar refractivity (Wildman–Crippen MR) is 121 cm³/mol. The van der Waals surface area contributed by atoms with Crippen LogP contribution in [-0.4, -0.2) is 37.0 Å². The first-order valence-electron chi connectivity index (χ1n) is 9.52. The molecular formula is C22H26N2O3S2. The van der Waals surface area contributed by atoms with E-state index in [4.69, 9.17) is 4.74 Å². The molecule has 0 aliphatic heterocycles. The van der Waals surface area contributed by atoms with Crippen LogP contribution in [-0.2, 0) is 16.1 Å². The van der Waals surface area contributed by atoms with Gasteiger partial charge in [-0.2, -0.15) is 0 Å². The average Bonchev–Trinajstić information content (AvgIpc) is 3.21. The quantitative estimate of drug-likeness (QED) is 0.528. The maximum Gasteiger partial charge on any atom is 0.348 e. The Balaban J connectivity index is 1.73. The second kappa shape index (κ2) is 9.07. The van der Waals surface area contributed by atoms with Crippen molar-refractivity contribution >= 4 is 49.6 Å². The van der Waals surface area contributed by atoms with Gasteiger partial charge in [-0.05, 0) is 57.3 Å². The number of amides is 1. The summed E-state index contributed by atoms with van der Waals surface area (Å²) < 4.78 is 7.40. The summed E-state index contributed by atoms with van der Waals surface area (Å²) in [5.74, 6) is -0.363. The Bertz CT molecular complexity index is 1030. The minimum Gasteiger partial charge on any atom is -0.462 e. The molecule has 0 spiro atoms. The van der Waals surface area contributed by atoms with Crippen LogP contribution in [0, 0.1) is 20.8 Å². The van der Waals surface area contributed by atoms with Gasteiger partial charge in [0.25, 0.3) is 0 Å². The molecule has 0 atom stereocenters. The number of rotatable bonds is 7. The molecule has 0 bridgehead atoms. The lowest BCUT2D eigenvalue weighted by Gasteiger charge is -2.18. The van der Waals surface area contributed by atoms with Gasteiger partial charge in [0.05, 0.1) is 17.9 Å². The minimum atomic E-state index is -0.292. The fourth-order valence-corrected chi connectivity index (χ4v) is 5.76. The molecule has 3 aromatic rings. The van der Waals surface area contributed by atoms with Gasteiger partial charge in [0.2, 0.25) is 5.91 Å². The van der Waals surface area contributed by atoms with Crippen molar-refractivity contribution in [1.29, 1.82) is 0 Å². The Hall–Kier alpha value is -2.22. The normalized spacial score (nSPS) is 11.2. The summed E-state index contributed by atoms with van der Waals surface area (Å²) in [6.07, 6.45) is 0. The number of benzene rings is 1. The Morgan fingerprint density at radius 3 is 2.52 bits per heavy atom. The first kappa shape index (κ1) is 21.5. The zero-order valence-corrected chi connectivity index (χ0v) is 19.1. The number of ether oxygens (including phenoxy) is 1. The van der Waals surface area contributed by atoms with Crippen LogP contribution < -0.4 is 5.32 Å². The van der Waals surface area contributed by atoms with Crippen molar-refractivity contribution in [1.82, 2.24) is 4.90 Å². The Kier molecular flexibility index (Phi) is 6.72. The number of fused-ring (bicyclic) bond motifs is 1. The summed E-state index contributed by atoms with van der Waals surface area (Å²) in [6.45, 7) is 8.95. The molecule has 0 saturated carbocycles. The van der Waals surface area contributed by atoms with Crippen molar-refractivity contribution in [2.45, 2.75) is 34.2 Å². The standard InChI is InChI=1S/C22H26N2O3S2/c1-6-27-22(26)21-16(20-17(29-21)7-8-28-20)11-24(5)12-18(25)23-19-14(3)9-13(2)10-15(19)4/h7-10H,6,11-12H2,1-5H3,(H,23,25). The predicted octanol–water partition coefficient (Wildman–Crippen LogP) is 5.14. The van der Waals surface area contributed by atoms with E-state index in [1.165, 1.54) is 16.9 Å². The molecule has 0 aliphatic carbocycles. The van der Waals surface area contributed by atoms with Crippen molar-refractivity contribution in [2.24, 2.45) is 0 Å². The van der Waals surface area contributed by atoms with E-state index in [1.807, 2.05) is 44.2 Å². The molecule has 0 aliphatic rings. The summed E-state index contributed by atoms with van der Waals surface area (Å²) in [7, 11) is 1.89. The van der Waals surface area contributed by atoms with E-state index >= 15 is 0 Å². The summed E-state index contributed by atoms with van der Waals surface area (Å²) in [5.41, 5.74) is 5.11. The lowest BCUT2D eigenvalue weighted by Crippen LogP contribution is -2.30. The molecule has 1 amide bonds. The number of hydrogen-bond acceptors (Lipinski definition) is 6. The molecule has 0 fully saturated rings. The third-order valence-corrected chi connectivity index (χ3v) is 6.91. The summed E-state index contributed by atoms with van der Waals surface area (Å²) in [5, 5.41) is 5.06. The van der Waals surface area contributed by atoms with Crippen LogP contribution in [0.4, 0.5) is 5.69 Å². The van der Waals surface area contributed by atoms with Gasteiger partial charge in [-0.1, -0.05) is 17.7 Å². The molecular weight excluding hydrogens is 404 g/mol. The van der Waals surface area contributed by atoms with Gasteiger partial charge in [-0.25, -0.2) is 4.79 Å². The van der Waals surface area contributed by atoms with Crippen molar-refractivity contribution in [3.05, 3.63) is 50.7 Å². The van der Waals surface area contributed by atoms with E-state index in [9.17, 15) is 9.59 Å². The molecule has 5 nitrogen and oxygen atoms in total. The highest BCUT2D eigenvalue weighted by molar-refractivity contribution is 7.28. The first-order chi connectivity index (χ1) is 13.8. The summed E-state index contributed by atoms with van der Waals surface area (Å²) in [6, 6.07) is 6.15. The first-order valence-corrected chi connectivity index (χ1v) is 11.2. The number of hydrogen-bond donors (Lipinski definition) is 1. The Labute approximate surface area is 179 Å². The molecule has 29 heavy (non-hydrogen) atoms. The van der Waals surface area contributed by atoms with Crippen LogP contribution in [0.15, 0.2) is 23.6 Å². The monoisotopic (exact) mass is 430 g/mol. The van der Waals surface area contributed by atoms with Crippen LogP contribution in [0.25, 0.3) is 9.40 Å². The second-order valence-corrected chi connectivity index (χ2v) is 9.21. The topological polar surface area (TPSA) is 58.6 Å². The number of likely N-dealkylation sites (N-methyl/N-ethyl adjacent to an activating group) is 1. The van der Waals surface area contributed by atoms with Gasteiger partial charge >= 0.3 is 5.97 Å². The molecule has 2 aromatic heterocycles. The van der Waals surface area contributed by atoms with E-state index in [2.05, 4.69) is 17.4 Å². The van der Waals surface area contributed by atoms with Crippen LogP contribution in [0.5, 0.6) is 0 Å². The SMILES string of the molecule is CCOC(=O)c1sc2ccsc2c1CN(C)CC(=O)Nc1c(C)cc(C)cc1C. The lowest BCUT2D eigenvalue weighted by molar-refractivity contribution is -0.117. The molecule has 3 rings (SSSR count). The van der Waals surface area contributed by atoms with Gasteiger partial charge in [0, 0.05) is 22.5 Å². The summed E-state index contributed by atoms with van der Waals surface area (Å²) in [4.78, 5) is 27.6. The minimum absolute atomic E-state index is 0.0714. The van der Waals surface area contributed by atoms with Crippen molar-refractivity contribution in [3.8, 4) is 0 Å². The molecule has 7 heteroatoms. The maximum absolute atomic E-state index is 12.6. The molecule has 0 unspecified atom stereocenters. The van der Waals surface area contributed by atoms with Gasteiger partial charge in [-0.15, -0.1) is 22.7 Å². The average molecular weight is 431 g/mol. The number of anilines is 1. The summed E-state index contributed by atoms with van der Waals surface area (Å²) >= 11 is 3.07. The van der Waals surface area contributed by atoms with E-state index in [0.717, 1.165) is 31.8 Å². The Morgan fingerprint density at radius 2 is 1.86 bits per heavy atom. The molecule has 1 N–H and O–H groups in total. The number of nitrogens with one attached hydrogen (secondary N) is 1. The van der Waals surface area contributed by atoms with Gasteiger partial charge in [-0.3, -0.25) is 9.69 Å². The number of nitrogens with zero attached hydrogens (tertiary/aromatic N) is 1. The second-order valence-electron chi connectivity index (χ2n) is 7.24. The van der Waals surface area contributed by atoms with E-state index in [-0.39, 0.29) is 18.4 Å². The Morgan fingerprint density at radius 1 is 1.17 bits per heavy atom. The van der Waals surface area contributed by atoms with Crippen LogP contribution in [0.1, 0.15) is 38.8 Å². The maximum atomic E-state index is 12.6.